The van der Waals surface area contributed by atoms with Crippen LogP contribution in [-0.2, 0) is 0 Å². The summed E-state index contributed by atoms with van der Waals surface area (Å²) in [6.07, 6.45) is 2.60. The molecule has 0 fully saturated rings. The van der Waals surface area contributed by atoms with Crippen LogP contribution in [0.3, 0.4) is 0 Å². The summed E-state index contributed by atoms with van der Waals surface area (Å²) in [5.41, 5.74) is 6.01. The Morgan fingerprint density at radius 3 is 2.76 bits per heavy atom. The first-order valence-corrected chi connectivity index (χ1v) is 6.19. The maximum atomic E-state index is 10.7. The lowest BCUT2D eigenvalue weighted by Gasteiger charge is -2.13. The first-order valence-electron chi connectivity index (χ1n) is 5.39. The van der Waals surface area contributed by atoms with Crippen molar-refractivity contribution in [3.05, 3.63) is 32.3 Å². The third-order valence-corrected chi connectivity index (χ3v) is 3.01. The van der Waals surface area contributed by atoms with Crippen LogP contribution >= 0.6 is 15.9 Å². The van der Waals surface area contributed by atoms with Crippen molar-refractivity contribution in [3.8, 4) is 5.75 Å². The molecule has 3 N–H and O–H groups in total. The minimum Gasteiger partial charge on any atom is -0.502 e. The lowest BCUT2D eigenvalue weighted by Crippen LogP contribution is -2.11. The van der Waals surface area contributed by atoms with Crippen molar-refractivity contribution in [1.29, 1.82) is 0 Å². The molecule has 0 aliphatic heterocycles. The molecule has 0 unspecified atom stereocenters. The van der Waals surface area contributed by atoms with E-state index in [9.17, 15) is 15.2 Å². The molecule has 1 aromatic rings. The van der Waals surface area contributed by atoms with Crippen molar-refractivity contribution in [2.75, 3.05) is 0 Å². The minimum atomic E-state index is -0.615. The second kappa shape index (κ2) is 5.97. The molecular formula is C11H15BrN2O3. The van der Waals surface area contributed by atoms with Gasteiger partial charge in [-0.05, 0) is 12.5 Å². The van der Waals surface area contributed by atoms with E-state index in [-0.39, 0.29) is 17.5 Å². The highest BCUT2D eigenvalue weighted by atomic mass is 79.9. The largest absolute Gasteiger partial charge is 0.502 e. The van der Waals surface area contributed by atoms with E-state index in [1.165, 1.54) is 6.07 Å². The predicted octanol–water partition coefficient (Wildman–Crippen LogP) is 3.25. The fourth-order valence-corrected chi connectivity index (χ4v) is 2.07. The highest BCUT2D eigenvalue weighted by molar-refractivity contribution is 9.10. The van der Waals surface area contributed by atoms with Gasteiger partial charge in [-0.15, -0.1) is 0 Å². The fraction of sp³-hybridized carbons (Fsp3) is 0.455. The maximum Gasteiger partial charge on any atom is 0.312 e. The van der Waals surface area contributed by atoms with Crippen LogP contribution in [0.25, 0.3) is 0 Å². The van der Waals surface area contributed by atoms with Crippen LogP contribution in [-0.4, -0.2) is 10.0 Å². The van der Waals surface area contributed by atoms with Crippen LogP contribution in [0.15, 0.2) is 16.6 Å². The Labute approximate surface area is 108 Å². The van der Waals surface area contributed by atoms with Gasteiger partial charge in [0, 0.05) is 22.1 Å². The van der Waals surface area contributed by atoms with Crippen LogP contribution in [0.1, 0.15) is 37.8 Å². The van der Waals surface area contributed by atoms with Gasteiger partial charge >= 0.3 is 5.69 Å². The van der Waals surface area contributed by atoms with Gasteiger partial charge in [0.05, 0.1) is 4.92 Å². The number of nitrogens with two attached hydrogens (primary N) is 1. The lowest BCUT2D eigenvalue weighted by molar-refractivity contribution is -0.386. The molecule has 0 aliphatic rings. The molecule has 6 heteroatoms. The number of nitrogens with zero attached hydrogens (tertiary/aromatic N) is 1. The molecule has 94 valence electrons. The molecule has 0 radical (unpaired) electrons. The second-order valence-electron chi connectivity index (χ2n) is 3.87. The topological polar surface area (TPSA) is 89.4 Å². The summed E-state index contributed by atoms with van der Waals surface area (Å²) >= 11 is 3.18. The van der Waals surface area contributed by atoms with E-state index in [4.69, 9.17) is 5.73 Å². The Kier molecular flexibility index (Phi) is 4.89. The summed E-state index contributed by atoms with van der Waals surface area (Å²) in [4.78, 5) is 10.1. The normalized spacial score (nSPS) is 12.4. The quantitative estimate of drug-likeness (QED) is 0.645. The summed E-state index contributed by atoms with van der Waals surface area (Å²) in [5, 5.41) is 20.6. The van der Waals surface area contributed by atoms with Crippen molar-refractivity contribution >= 4 is 21.6 Å². The van der Waals surface area contributed by atoms with E-state index in [1.807, 2.05) is 6.92 Å². The van der Waals surface area contributed by atoms with E-state index in [0.29, 0.717) is 16.5 Å². The van der Waals surface area contributed by atoms with Crippen molar-refractivity contribution in [1.82, 2.24) is 0 Å². The number of benzene rings is 1. The first-order chi connectivity index (χ1) is 7.97. The smallest absolute Gasteiger partial charge is 0.312 e. The zero-order valence-electron chi connectivity index (χ0n) is 9.52. The van der Waals surface area contributed by atoms with Crippen molar-refractivity contribution < 1.29 is 10.0 Å². The summed E-state index contributed by atoms with van der Waals surface area (Å²) in [7, 11) is 0. The van der Waals surface area contributed by atoms with E-state index >= 15 is 0 Å². The highest BCUT2D eigenvalue weighted by Crippen LogP contribution is 2.37. The molecule has 0 spiro atoms. The van der Waals surface area contributed by atoms with E-state index in [1.54, 1.807) is 6.07 Å². The standard InChI is InChI=1S/C11H15BrN2O3/c1-2-3-4-9(13)8-5-7(12)6-10(11(8)15)14(16)17/h5-6,9,15H,2-4,13H2,1H3/t9-/m0/s1. The molecule has 0 aliphatic carbocycles. The summed E-state index contributed by atoms with van der Waals surface area (Å²) in [6.45, 7) is 2.04. The Morgan fingerprint density at radius 2 is 2.24 bits per heavy atom. The molecule has 0 bridgehead atoms. The van der Waals surface area contributed by atoms with Gasteiger partial charge in [-0.3, -0.25) is 10.1 Å². The number of rotatable bonds is 5. The number of nitro benzene ring substituents is 1. The molecule has 17 heavy (non-hydrogen) atoms. The molecule has 1 rings (SSSR count). The molecule has 0 saturated heterocycles. The van der Waals surface area contributed by atoms with E-state index in [2.05, 4.69) is 15.9 Å². The van der Waals surface area contributed by atoms with Crippen LogP contribution in [0.5, 0.6) is 5.75 Å². The zero-order valence-corrected chi connectivity index (χ0v) is 11.1. The first kappa shape index (κ1) is 13.9. The number of phenolic OH excluding ortho intramolecular Hbond substituents is 1. The molecule has 0 amide bonds. The van der Waals surface area contributed by atoms with Crippen molar-refractivity contribution in [2.24, 2.45) is 5.73 Å². The van der Waals surface area contributed by atoms with Crippen molar-refractivity contribution in [3.63, 3.8) is 0 Å². The molecule has 1 aromatic carbocycles. The third kappa shape index (κ3) is 3.41. The van der Waals surface area contributed by atoms with Crippen LogP contribution in [0.2, 0.25) is 0 Å². The van der Waals surface area contributed by atoms with Crippen LogP contribution < -0.4 is 5.73 Å². The molecule has 1 atom stereocenters. The van der Waals surface area contributed by atoms with Gasteiger partial charge < -0.3 is 10.8 Å². The van der Waals surface area contributed by atoms with Gasteiger partial charge in [0.1, 0.15) is 0 Å². The Balaban J connectivity index is 3.10. The summed E-state index contributed by atoms with van der Waals surface area (Å²) in [5.74, 6) is -0.332. The molecule has 0 heterocycles. The lowest BCUT2D eigenvalue weighted by atomic mass is 10.0. The Bertz CT molecular complexity index is 423. The minimum absolute atomic E-state index is 0.318. The maximum absolute atomic E-state index is 10.7. The monoisotopic (exact) mass is 302 g/mol. The number of nitro groups is 1. The number of aromatic hydroxyl groups is 1. The number of hydrogen-bond donors (Lipinski definition) is 2. The zero-order chi connectivity index (χ0) is 13.0. The van der Waals surface area contributed by atoms with Gasteiger partial charge in [-0.25, -0.2) is 0 Å². The van der Waals surface area contributed by atoms with Crippen LogP contribution in [0, 0.1) is 10.1 Å². The van der Waals surface area contributed by atoms with Gasteiger partial charge in [-0.1, -0.05) is 35.7 Å². The van der Waals surface area contributed by atoms with E-state index in [0.717, 1.165) is 12.8 Å². The number of unbranched alkanes of at least 4 members (excludes halogenated alkanes) is 1. The Morgan fingerprint density at radius 1 is 1.59 bits per heavy atom. The highest BCUT2D eigenvalue weighted by Gasteiger charge is 2.21. The second-order valence-corrected chi connectivity index (χ2v) is 4.78. The third-order valence-electron chi connectivity index (χ3n) is 2.55. The fourth-order valence-electron chi connectivity index (χ4n) is 1.61. The van der Waals surface area contributed by atoms with E-state index < -0.39 is 4.92 Å². The predicted molar refractivity (Wildman–Crippen MR) is 68.9 cm³/mol. The average Bonchev–Trinajstić information content (AvgIpc) is 2.28. The number of phenols is 1. The number of hydrogen-bond acceptors (Lipinski definition) is 4. The molecular weight excluding hydrogens is 288 g/mol. The SMILES string of the molecule is CCCC[C@H](N)c1cc(Br)cc([N+](=O)[O-])c1O. The number of halogens is 1. The van der Waals surface area contributed by atoms with Crippen molar-refractivity contribution in [2.45, 2.75) is 32.2 Å². The average molecular weight is 303 g/mol. The van der Waals surface area contributed by atoms with Gasteiger partial charge in [0.25, 0.3) is 0 Å². The van der Waals surface area contributed by atoms with Gasteiger partial charge in [0.2, 0.25) is 0 Å². The van der Waals surface area contributed by atoms with Crippen LogP contribution in [0.4, 0.5) is 5.69 Å². The molecule has 0 saturated carbocycles. The Hall–Kier alpha value is -1.14. The summed E-state index contributed by atoms with van der Waals surface area (Å²) < 4.78 is 0.545. The molecule has 0 aromatic heterocycles. The summed E-state index contributed by atoms with van der Waals surface area (Å²) in [6, 6.07) is 2.51. The van der Waals surface area contributed by atoms with Gasteiger partial charge in [0.15, 0.2) is 5.75 Å². The molecule has 5 nitrogen and oxygen atoms in total. The van der Waals surface area contributed by atoms with Gasteiger partial charge in [-0.2, -0.15) is 0 Å².